The van der Waals surface area contributed by atoms with Crippen molar-refractivity contribution in [2.24, 2.45) is 0 Å². The van der Waals surface area contributed by atoms with Gasteiger partial charge in [-0.3, -0.25) is 0 Å². The summed E-state index contributed by atoms with van der Waals surface area (Å²) in [4.78, 5) is 0. The Kier molecular flexibility index (Phi) is 21.4. The van der Waals surface area contributed by atoms with E-state index in [2.05, 4.69) is 90.1 Å². The van der Waals surface area contributed by atoms with Crippen LogP contribution in [0, 0.1) is 26.0 Å². The molecule has 152 valence electrons. The molecule has 0 radical (unpaired) electrons. The molecule has 0 atom stereocenters. The monoisotopic (exact) mass is 610 g/mol. The van der Waals surface area contributed by atoms with E-state index in [0.29, 0.717) is 11.8 Å². The zero-order valence-electron chi connectivity index (χ0n) is 15.8. The first kappa shape index (κ1) is 29.1. The van der Waals surface area contributed by atoms with Crippen LogP contribution in [0.5, 0.6) is 0 Å². The Balaban J connectivity index is 0. The zero-order chi connectivity index (χ0) is 20.5. The molecule has 2 aromatic carbocycles. The molecule has 0 nitrogen and oxygen atoms in total. The van der Waals surface area contributed by atoms with E-state index in [1.165, 1.54) is 22.3 Å². The molecule has 6 heteroatoms. The summed E-state index contributed by atoms with van der Waals surface area (Å²) in [6, 6.07) is 19.0. The SMILES string of the molecule is Cc1[c-]cc(C(C)C)cc1.Cc1[c-]cc(C(C)C)cc1.[Cl][Ru][Cl].[Cl][Ru][Cl]. The van der Waals surface area contributed by atoms with Crippen molar-refractivity contribution in [1.29, 1.82) is 0 Å². The van der Waals surface area contributed by atoms with E-state index < -0.39 is 0 Å². The van der Waals surface area contributed by atoms with E-state index in [4.69, 9.17) is 38.8 Å². The molecule has 0 aliphatic carbocycles. The molecule has 0 fully saturated rings. The molecule has 0 saturated heterocycles. The number of halogens is 4. The van der Waals surface area contributed by atoms with E-state index in [0.717, 1.165) is 0 Å². The van der Waals surface area contributed by atoms with E-state index in [-0.39, 0.29) is 30.3 Å². The molecule has 0 aliphatic rings. The van der Waals surface area contributed by atoms with Gasteiger partial charge in [0.1, 0.15) is 0 Å². The second kappa shape index (κ2) is 19.2. The van der Waals surface area contributed by atoms with Crippen LogP contribution in [-0.2, 0) is 30.3 Å². The van der Waals surface area contributed by atoms with E-state index in [1.54, 1.807) is 0 Å². The number of hydrogen-bond donors (Lipinski definition) is 0. The minimum atomic E-state index is -0.346. The zero-order valence-corrected chi connectivity index (χ0v) is 22.3. The Labute approximate surface area is 191 Å². The van der Waals surface area contributed by atoms with Crippen LogP contribution < -0.4 is 0 Å². The molecular formula is C20H26Cl4Ru2-2. The number of benzene rings is 2. The summed E-state index contributed by atoms with van der Waals surface area (Å²) in [7, 11) is 19.4. The molecular weight excluding hydrogens is 584 g/mol. The van der Waals surface area contributed by atoms with Crippen molar-refractivity contribution in [2.75, 3.05) is 0 Å². The third-order valence-electron chi connectivity index (χ3n) is 3.32. The summed E-state index contributed by atoms with van der Waals surface area (Å²) < 4.78 is 0. The number of aryl methyl sites for hydroxylation is 2. The van der Waals surface area contributed by atoms with Gasteiger partial charge in [-0.15, -0.1) is 0 Å². The first-order valence-electron chi connectivity index (χ1n) is 7.90. The normalized spacial score (nSPS) is 9.69. The Hall–Kier alpha value is 0.847. The first-order chi connectivity index (χ1) is 12.2. The van der Waals surface area contributed by atoms with Crippen LogP contribution in [0.3, 0.4) is 0 Å². The Morgan fingerprint density at radius 3 is 1.08 bits per heavy atom. The Bertz CT molecular complexity index is 489. The van der Waals surface area contributed by atoms with Crippen LogP contribution in [-0.4, -0.2) is 0 Å². The van der Waals surface area contributed by atoms with Gasteiger partial charge >= 0.3 is 69.1 Å². The van der Waals surface area contributed by atoms with Crippen molar-refractivity contribution < 1.29 is 30.3 Å². The van der Waals surface area contributed by atoms with Crippen molar-refractivity contribution >= 4 is 38.8 Å². The third-order valence-corrected chi connectivity index (χ3v) is 3.32. The molecule has 2 aromatic rings. The van der Waals surface area contributed by atoms with Gasteiger partial charge in [-0.05, 0) is 0 Å². The number of hydrogen-bond acceptors (Lipinski definition) is 0. The predicted octanol–water partition coefficient (Wildman–Crippen LogP) is 8.59. The van der Waals surface area contributed by atoms with E-state index in [9.17, 15) is 0 Å². The van der Waals surface area contributed by atoms with Crippen molar-refractivity contribution in [3.63, 3.8) is 0 Å². The average Bonchev–Trinajstić information content (AvgIpc) is 2.58. The average molecular weight is 610 g/mol. The van der Waals surface area contributed by atoms with Gasteiger partial charge in [0.2, 0.25) is 0 Å². The van der Waals surface area contributed by atoms with Gasteiger partial charge in [-0.2, -0.15) is 70.8 Å². The molecule has 0 aromatic heterocycles. The molecule has 0 heterocycles. The summed E-state index contributed by atoms with van der Waals surface area (Å²) in [5, 5.41) is 0. The van der Waals surface area contributed by atoms with Gasteiger partial charge in [0.05, 0.1) is 0 Å². The fourth-order valence-electron chi connectivity index (χ4n) is 1.75. The van der Waals surface area contributed by atoms with Gasteiger partial charge in [0, 0.05) is 0 Å². The van der Waals surface area contributed by atoms with Gasteiger partial charge in [0.25, 0.3) is 0 Å². The molecule has 0 bridgehead atoms. The molecule has 0 amide bonds. The third kappa shape index (κ3) is 17.0. The maximum absolute atomic E-state index is 4.85. The van der Waals surface area contributed by atoms with Crippen LogP contribution >= 0.6 is 38.8 Å². The van der Waals surface area contributed by atoms with Gasteiger partial charge < -0.3 is 0 Å². The molecule has 26 heavy (non-hydrogen) atoms. The molecule has 0 saturated carbocycles. The van der Waals surface area contributed by atoms with Gasteiger partial charge in [-0.1, -0.05) is 53.4 Å². The van der Waals surface area contributed by atoms with Crippen LogP contribution in [0.4, 0.5) is 0 Å². The van der Waals surface area contributed by atoms with Gasteiger partial charge in [0.15, 0.2) is 0 Å². The van der Waals surface area contributed by atoms with Crippen molar-refractivity contribution in [1.82, 2.24) is 0 Å². The van der Waals surface area contributed by atoms with Crippen molar-refractivity contribution in [2.45, 2.75) is 53.4 Å². The Morgan fingerprint density at radius 2 is 0.923 bits per heavy atom. The van der Waals surface area contributed by atoms with Gasteiger partial charge in [-0.25, -0.2) is 0 Å². The summed E-state index contributed by atoms with van der Waals surface area (Å²) in [5.41, 5.74) is 5.16. The fourth-order valence-corrected chi connectivity index (χ4v) is 1.75. The number of rotatable bonds is 2. The van der Waals surface area contributed by atoms with E-state index in [1.807, 2.05) is 0 Å². The van der Waals surface area contributed by atoms with Crippen LogP contribution in [0.2, 0.25) is 0 Å². The van der Waals surface area contributed by atoms with E-state index >= 15 is 0 Å². The topological polar surface area (TPSA) is 0 Å². The summed E-state index contributed by atoms with van der Waals surface area (Å²) in [5.74, 6) is 1.24. The summed E-state index contributed by atoms with van der Waals surface area (Å²) in [6.07, 6.45) is 0. The quantitative estimate of drug-likeness (QED) is 0.236. The predicted molar refractivity (Wildman–Crippen MR) is 112 cm³/mol. The van der Waals surface area contributed by atoms with Crippen molar-refractivity contribution in [3.8, 4) is 0 Å². The molecule has 0 unspecified atom stereocenters. The second-order valence-electron chi connectivity index (χ2n) is 6.02. The van der Waals surface area contributed by atoms with Crippen LogP contribution in [0.1, 0.15) is 61.8 Å². The minimum absolute atomic E-state index is 0.346. The van der Waals surface area contributed by atoms with Crippen molar-refractivity contribution in [3.05, 3.63) is 70.8 Å². The first-order valence-corrected chi connectivity index (χ1v) is 16.8. The second-order valence-corrected chi connectivity index (χ2v) is 11.3. The van der Waals surface area contributed by atoms with Crippen LogP contribution in [0.15, 0.2) is 36.4 Å². The fraction of sp³-hybridized carbons (Fsp3) is 0.400. The summed E-state index contributed by atoms with van der Waals surface area (Å²) in [6.45, 7) is 12.9. The summed E-state index contributed by atoms with van der Waals surface area (Å²) >= 11 is -0.691. The maximum atomic E-state index is 4.85. The van der Waals surface area contributed by atoms with Crippen LogP contribution in [0.25, 0.3) is 0 Å². The molecule has 0 N–H and O–H groups in total. The Morgan fingerprint density at radius 1 is 0.654 bits per heavy atom. The molecule has 0 spiro atoms. The standard InChI is InChI=1S/2C10H13.4ClH.2Ru/c2*1-8(2)10-6-4-9(3)5-7-10;;;;;;/h2*4,6-8H,1-3H3;4*1H;;/q2*-1;;;;;2*+2/p-4. The molecule has 2 rings (SSSR count). The molecule has 0 aliphatic heterocycles.